The number of nitrogens with zero attached hydrogens (tertiary/aromatic N) is 3. The Kier molecular flexibility index (Phi) is 2.63. The van der Waals surface area contributed by atoms with E-state index < -0.39 is 0 Å². The molecular weight excluding hydrogens is 178 g/mol. The van der Waals surface area contributed by atoms with Crippen LogP contribution in [0.1, 0.15) is 18.5 Å². The highest BCUT2D eigenvalue weighted by atomic mass is 16.1. The van der Waals surface area contributed by atoms with Gasteiger partial charge in [-0.05, 0) is 13.0 Å². The minimum atomic E-state index is 0.360. The lowest BCUT2D eigenvalue weighted by Gasteiger charge is -2.25. The first-order valence-corrected chi connectivity index (χ1v) is 4.95. The van der Waals surface area contributed by atoms with Gasteiger partial charge >= 0.3 is 0 Å². The molecule has 1 aromatic rings. The van der Waals surface area contributed by atoms with E-state index in [4.69, 9.17) is 0 Å². The van der Waals surface area contributed by atoms with Crippen LogP contribution in [0.5, 0.6) is 0 Å². The number of carbonyl (C=O) groups excluding carboxylic acids is 1. The van der Waals surface area contributed by atoms with Gasteiger partial charge in [0.25, 0.3) is 0 Å². The van der Waals surface area contributed by atoms with Crippen molar-refractivity contribution in [2.45, 2.75) is 19.4 Å². The van der Waals surface area contributed by atoms with E-state index in [1.807, 2.05) is 17.8 Å². The summed E-state index contributed by atoms with van der Waals surface area (Å²) in [7, 11) is 1.98. The Morgan fingerprint density at radius 2 is 2.43 bits per heavy atom. The Bertz CT molecular complexity index is 332. The van der Waals surface area contributed by atoms with Crippen molar-refractivity contribution in [1.29, 1.82) is 0 Å². The number of hydrogen-bond acceptors (Lipinski definition) is 3. The number of carbonyl (C=O) groups is 1. The van der Waals surface area contributed by atoms with Crippen molar-refractivity contribution in [3.05, 3.63) is 18.2 Å². The van der Waals surface area contributed by atoms with Crippen molar-refractivity contribution < 1.29 is 4.79 Å². The van der Waals surface area contributed by atoms with Crippen LogP contribution in [-0.2, 0) is 18.4 Å². The third-order valence-corrected chi connectivity index (χ3v) is 2.63. The number of likely N-dealkylation sites (tertiary alicyclic amines) is 1. The van der Waals surface area contributed by atoms with Crippen molar-refractivity contribution in [3.63, 3.8) is 0 Å². The van der Waals surface area contributed by atoms with Gasteiger partial charge in [-0.1, -0.05) is 0 Å². The molecule has 2 heterocycles. The fraction of sp³-hybridized carbons (Fsp3) is 0.600. The van der Waals surface area contributed by atoms with Gasteiger partial charge in [-0.3, -0.25) is 9.69 Å². The molecule has 0 unspecified atom stereocenters. The van der Waals surface area contributed by atoms with E-state index in [0.29, 0.717) is 12.3 Å². The SMILES string of the molecule is Cn1cncc1CN1CCCC(=O)C1. The van der Waals surface area contributed by atoms with Crippen LogP contribution in [0.15, 0.2) is 12.5 Å². The maximum absolute atomic E-state index is 11.2. The van der Waals surface area contributed by atoms with Gasteiger partial charge in [0.2, 0.25) is 0 Å². The second-order valence-electron chi connectivity index (χ2n) is 3.85. The minimum absolute atomic E-state index is 0.360. The summed E-state index contributed by atoms with van der Waals surface area (Å²) in [6.45, 7) is 2.46. The summed E-state index contributed by atoms with van der Waals surface area (Å²) in [6.07, 6.45) is 5.40. The number of aromatic nitrogens is 2. The molecule has 0 aromatic carbocycles. The maximum Gasteiger partial charge on any atom is 0.146 e. The van der Waals surface area contributed by atoms with Crippen molar-refractivity contribution in [1.82, 2.24) is 14.5 Å². The fourth-order valence-corrected chi connectivity index (χ4v) is 1.81. The van der Waals surface area contributed by atoms with Gasteiger partial charge in [-0.15, -0.1) is 0 Å². The Hall–Kier alpha value is -1.16. The van der Waals surface area contributed by atoms with Crippen LogP contribution in [0.25, 0.3) is 0 Å². The van der Waals surface area contributed by atoms with Gasteiger partial charge in [0, 0.05) is 26.2 Å². The van der Waals surface area contributed by atoms with Crippen LogP contribution >= 0.6 is 0 Å². The van der Waals surface area contributed by atoms with Crippen LogP contribution in [0.4, 0.5) is 0 Å². The van der Waals surface area contributed by atoms with E-state index in [0.717, 1.165) is 25.9 Å². The minimum Gasteiger partial charge on any atom is -0.337 e. The molecule has 4 nitrogen and oxygen atoms in total. The molecule has 1 aromatic heterocycles. The summed E-state index contributed by atoms with van der Waals surface area (Å²) in [4.78, 5) is 17.5. The van der Waals surface area contributed by atoms with Crippen LogP contribution in [0, 0.1) is 0 Å². The number of ketones is 1. The first-order valence-electron chi connectivity index (χ1n) is 4.95. The quantitative estimate of drug-likeness (QED) is 0.689. The second-order valence-corrected chi connectivity index (χ2v) is 3.85. The van der Waals surface area contributed by atoms with Crippen LogP contribution in [0.2, 0.25) is 0 Å². The monoisotopic (exact) mass is 193 g/mol. The second kappa shape index (κ2) is 3.92. The number of hydrogen-bond donors (Lipinski definition) is 0. The summed E-state index contributed by atoms with van der Waals surface area (Å²) >= 11 is 0. The highest BCUT2D eigenvalue weighted by molar-refractivity contribution is 5.81. The Morgan fingerprint density at radius 1 is 1.57 bits per heavy atom. The van der Waals surface area contributed by atoms with Crippen LogP contribution in [-0.4, -0.2) is 33.3 Å². The number of rotatable bonds is 2. The van der Waals surface area contributed by atoms with Crippen LogP contribution < -0.4 is 0 Å². The molecule has 0 bridgehead atoms. The third kappa shape index (κ3) is 2.01. The van der Waals surface area contributed by atoms with Gasteiger partial charge in [-0.25, -0.2) is 4.98 Å². The lowest BCUT2D eigenvalue weighted by atomic mass is 10.1. The van der Waals surface area contributed by atoms with E-state index in [-0.39, 0.29) is 0 Å². The van der Waals surface area contributed by atoms with E-state index in [1.54, 1.807) is 6.33 Å². The molecular formula is C10H15N3O. The summed E-state index contributed by atoms with van der Waals surface area (Å²) in [5.41, 5.74) is 1.17. The molecule has 0 radical (unpaired) electrons. The lowest BCUT2D eigenvalue weighted by molar-refractivity contribution is -0.122. The normalized spacial score (nSPS) is 18.8. The molecule has 0 amide bonds. The Labute approximate surface area is 83.5 Å². The predicted octanol–water partition coefficient (Wildman–Crippen LogP) is 0.585. The first kappa shape index (κ1) is 9.40. The first-order chi connectivity index (χ1) is 6.75. The van der Waals surface area contributed by atoms with E-state index >= 15 is 0 Å². The number of imidazole rings is 1. The molecule has 0 saturated carbocycles. The van der Waals surface area contributed by atoms with Gasteiger partial charge in [-0.2, -0.15) is 0 Å². The number of Topliss-reactive ketones (excluding diaryl/α,β-unsaturated/α-hetero) is 1. The predicted molar refractivity (Wildman–Crippen MR) is 52.7 cm³/mol. The summed E-state index contributed by atoms with van der Waals surface area (Å²) < 4.78 is 2.00. The van der Waals surface area contributed by atoms with E-state index in [1.165, 1.54) is 5.69 Å². The molecule has 0 spiro atoms. The Balaban J connectivity index is 1.97. The summed E-state index contributed by atoms with van der Waals surface area (Å²) in [6, 6.07) is 0. The standard InChI is InChI=1S/C10H15N3O/c1-12-8-11-5-9(12)6-13-4-2-3-10(14)7-13/h5,8H,2-4,6-7H2,1H3. The van der Waals surface area contributed by atoms with Crippen molar-refractivity contribution >= 4 is 5.78 Å². The molecule has 0 atom stereocenters. The van der Waals surface area contributed by atoms with Gasteiger partial charge in [0.15, 0.2) is 0 Å². The zero-order valence-corrected chi connectivity index (χ0v) is 8.44. The summed E-state index contributed by atoms with van der Waals surface area (Å²) in [5.74, 6) is 0.360. The third-order valence-electron chi connectivity index (χ3n) is 2.63. The van der Waals surface area contributed by atoms with Crippen molar-refractivity contribution in [2.24, 2.45) is 7.05 Å². The molecule has 76 valence electrons. The number of aryl methyl sites for hydroxylation is 1. The van der Waals surface area contributed by atoms with E-state index in [2.05, 4.69) is 9.88 Å². The van der Waals surface area contributed by atoms with Gasteiger partial charge in [0.1, 0.15) is 5.78 Å². The average Bonchev–Trinajstić information content (AvgIpc) is 2.52. The molecule has 1 aliphatic rings. The Morgan fingerprint density at radius 3 is 3.07 bits per heavy atom. The highest BCUT2D eigenvalue weighted by Crippen LogP contribution is 2.09. The highest BCUT2D eigenvalue weighted by Gasteiger charge is 2.17. The van der Waals surface area contributed by atoms with Gasteiger partial charge in [0.05, 0.1) is 18.6 Å². The van der Waals surface area contributed by atoms with E-state index in [9.17, 15) is 4.79 Å². The van der Waals surface area contributed by atoms with Crippen molar-refractivity contribution in [3.8, 4) is 0 Å². The molecule has 2 rings (SSSR count). The molecule has 0 N–H and O–H groups in total. The largest absolute Gasteiger partial charge is 0.337 e. The molecule has 1 aliphatic heterocycles. The van der Waals surface area contributed by atoms with Gasteiger partial charge < -0.3 is 4.57 Å². The zero-order valence-electron chi connectivity index (χ0n) is 8.44. The average molecular weight is 193 g/mol. The van der Waals surface area contributed by atoms with Crippen molar-refractivity contribution in [2.75, 3.05) is 13.1 Å². The molecule has 0 aliphatic carbocycles. The fourth-order valence-electron chi connectivity index (χ4n) is 1.81. The maximum atomic E-state index is 11.2. The molecule has 14 heavy (non-hydrogen) atoms. The number of piperidine rings is 1. The zero-order chi connectivity index (χ0) is 9.97. The summed E-state index contributed by atoms with van der Waals surface area (Å²) in [5, 5.41) is 0. The topological polar surface area (TPSA) is 38.1 Å². The lowest BCUT2D eigenvalue weighted by Crippen LogP contribution is -2.35. The smallest absolute Gasteiger partial charge is 0.146 e. The molecule has 1 fully saturated rings. The van der Waals surface area contributed by atoms with Crippen LogP contribution in [0.3, 0.4) is 0 Å². The molecule has 1 saturated heterocycles. The molecule has 4 heteroatoms.